The van der Waals surface area contributed by atoms with E-state index in [4.69, 9.17) is 9.72 Å². The number of aromatic nitrogens is 1. The van der Waals surface area contributed by atoms with Crippen LogP contribution < -0.4 is 15.0 Å². The maximum atomic E-state index is 5.30. The summed E-state index contributed by atoms with van der Waals surface area (Å²) in [5.41, 5.74) is 3.38. The predicted molar refractivity (Wildman–Crippen MR) is 109 cm³/mol. The van der Waals surface area contributed by atoms with Gasteiger partial charge in [0.1, 0.15) is 5.75 Å². The Bertz CT molecular complexity index is 841. The van der Waals surface area contributed by atoms with Crippen LogP contribution in [-0.2, 0) is 0 Å². The lowest BCUT2D eigenvalue weighted by Gasteiger charge is -2.32. The Hall–Kier alpha value is -2.53. The molecule has 1 aromatic heterocycles. The largest absolute Gasteiger partial charge is 0.497 e. The maximum absolute atomic E-state index is 5.30. The van der Waals surface area contributed by atoms with Crippen LogP contribution in [0.25, 0.3) is 11.3 Å². The van der Waals surface area contributed by atoms with Crippen molar-refractivity contribution >= 4 is 22.2 Å². The van der Waals surface area contributed by atoms with E-state index >= 15 is 0 Å². The number of anilines is 2. The van der Waals surface area contributed by atoms with E-state index in [1.807, 2.05) is 18.2 Å². The fourth-order valence-electron chi connectivity index (χ4n) is 3.31. The fraction of sp³-hybridized carbons (Fsp3) is 0.286. The van der Waals surface area contributed by atoms with E-state index in [0.717, 1.165) is 48.2 Å². The van der Waals surface area contributed by atoms with Crippen molar-refractivity contribution in [2.45, 2.75) is 18.9 Å². The molecule has 0 unspecified atom stereocenters. The molecule has 1 aliphatic heterocycles. The van der Waals surface area contributed by atoms with Crippen LogP contribution in [-0.4, -0.2) is 31.2 Å². The van der Waals surface area contributed by atoms with Crippen LogP contribution in [0.3, 0.4) is 0 Å². The van der Waals surface area contributed by atoms with Crippen molar-refractivity contribution in [1.29, 1.82) is 0 Å². The van der Waals surface area contributed by atoms with Crippen LogP contribution in [0.5, 0.6) is 5.75 Å². The maximum Gasteiger partial charge on any atom is 0.185 e. The number of methoxy groups -OCH3 is 1. The van der Waals surface area contributed by atoms with Gasteiger partial charge in [-0.25, -0.2) is 4.98 Å². The standard InChI is InChI=1S/C21H23N3OS/c1-25-19-9-5-8-18(14-19)22-17-10-12-24(13-11-17)21-23-20(15-26-21)16-6-3-2-4-7-16/h2-9,14-15,17,22H,10-13H2,1H3. The van der Waals surface area contributed by atoms with Gasteiger partial charge in [-0.05, 0) is 25.0 Å². The molecule has 4 nitrogen and oxygen atoms in total. The normalized spacial score (nSPS) is 15.0. The van der Waals surface area contributed by atoms with Gasteiger partial charge in [0.2, 0.25) is 0 Å². The second-order valence-corrected chi connectivity index (χ2v) is 7.36. The first-order valence-electron chi connectivity index (χ1n) is 8.98. The summed E-state index contributed by atoms with van der Waals surface area (Å²) in [6.45, 7) is 2.06. The van der Waals surface area contributed by atoms with E-state index in [1.165, 1.54) is 5.56 Å². The van der Waals surface area contributed by atoms with Gasteiger partial charge in [0.25, 0.3) is 0 Å². The highest BCUT2D eigenvalue weighted by Crippen LogP contribution is 2.30. The summed E-state index contributed by atoms with van der Waals surface area (Å²) >= 11 is 1.74. The van der Waals surface area contributed by atoms with Crippen LogP contribution in [0.15, 0.2) is 60.0 Å². The third kappa shape index (κ3) is 3.83. The molecule has 2 aromatic carbocycles. The molecule has 2 heterocycles. The van der Waals surface area contributed by atoms with Crippen molar-refractivity contribution < 1.29 is 4.74 Å². The Morgan fingerprint density at radius 3 is 2.65 bits per heavy atom. The van der Waals surface area contributed by atoms with Crippen molar-refractivity contribution in [2.75, 3.05) is 30.4 Å². The second kappa shape index (κ2) is 7.79. The summed E-state index contributed by atoms with van der Waals surface area (Å²) in [6.07, 6.45) is 2.22. The molecule has 0 atom stereocenters. The van der Waals surface area contributed by atoms with Gasteiger partial charge in [-0.3, -0.25) is 0 Å². The molecule has 1 fully saturated rings. The molecule has 1 aliphatic rings. The lowest BCUT2D eigenvalue weighted by molar-refractivity contribution is 0.415. The SMILES string of the molecule is COc1cccc(NC2CCN(c3nc(-c4ccccc4)cs3)CC2)c1. The van der Waals surface area contributed by atoms with Gasteiger partial charge < -0.3 is 15.0 Å². The molecule has 1 saturated heterocycles. The molecular formula is C21H23N3OS. The van der Waals surface area contributed by atoms with E-state index in [1.54, 1.807) is 18.4 Å². The lowest BCUT2D eigenvalue weighted by atomic mass is 10.1. The smallest absolute Gasteiger partial charge is 0.185 e. The molecule has 0 bridgehead atoms. The number of hydrogen-bond acceptors (Lipinski definition) is 5. The van der Waals surface area contributed by atoms with E-state index in [-0.39, 0.29) is 0 Å². The first-order chi connectivity index (χ1) is 12.8. The van der Waals surface area contributed by atoms with E-state index < -0.39 is 0 Å². The lowest BCUT2D eigenvalue weighted by Crippen LogP contribution is -2.39. The second-order valence-electron chi connectivity index (χ2n) is 6.52. The minimum Gasteiger partial charge on any atom is -0.497 e. The monoisotopic (exact) mass is 365 g/mol. The molecular weight excluding hydrogens is 342 g/mol. The van der Waals surface area contributed by atoms with Crippen LogP contribution >= 0.6 is 11.3 Å². The first-order valence-corrected chi connectivity index (χ1v) is 9.86. The number of benzene rings is 2. The third-order valence-corrected chi connectivity index (χ3v) is 5.67. The number of rotatable bonds is 5. The molecule has 134 valence electrons. The molecule has 5 heteroatoms. The highest BCUT2D eigenvalue weighted by atomic mass is 32.1. The summed E-state index contributed by atoms with van der Waals surface area (Å²) in [7, 11) is 1.70. The van der Waals surface area contributed by atoms with Crippen molar-refractivity contribution in [1.82, 2.24) is 4.98 Å². The molecule has 0 saturated carbocycles. The van der Waals surface area contributed by atoms with Gasteiger partial charge in [0, 0.05) is 41.8 Å². The van der Waals surface area contributed by atoms with Gasteiger partial charge in [-0.1, -0.05) is 36.4 Å². The Balaban J connectivity index is 1.36. The van der Waals surface area contributed by atoms with Gasteiger partial charge in [0.15, 0.2) is 5.13 Å². The van der Waals surface area contributed by atoms with Gasteiger partial charge in [-0.2, -0.15) is 0 Å². The minimum atomic E-state index is 0.493. The van der Waals surface area contributed by atoms with Gasteiger partial charge in [0.05, 0.1) is 12.8 Å². The Kier molecular flexibility index (Phi) is 5.07. The molecule has 0 radical (unpaired) electrons. The Morgan fingerprint density at radius 2 is 1.88 bits per heavy atom. The van der Waals surface area contributed by atoms with Gasteiger partial charge in [-0.15, -0.1) is 11.3 Å². The van der Waals surface area contributed by atoms with Crippen molar-refractivity contribution in [3.05, 3.63) is 60.0 Å². The molecule has 0 amide bonds. The summed E-state index contributed by atoms with van der Waals surface area (Å²) in [6, 6.07) is 19.0. The number of hydrogen-bond donors (Lipinski definition) is 1. The zero-order valence-electron chi connectivity index (χ0n) is 14.9. The Morgan fingerprint density at radius 1 is 1.08 bits per heavy atom. The average molecular weight is 366 g/mol. The number of nitrogens with zero attached hydrogens (tertiary/aromatic N) is 2. The van der Waals surface area contributed by atoms with Crippen LogP contribution in [0.4, 0.5) is 10.8 Å². The zero-order chi connectivity index (χ0) is 17.8. The first kappa shape index (κ1) is 16.9. The Labute approximate surface area is 158 Å². The van der Waals surface area contributed by atoms with E-state index in [2.05, 4.69) is 52.0 Å². The van der Waals surface area contributed by atoms with E-state index in [0.29, 0.717) is 6.04 Å². The van der Waals surface area contributed by atoms with Crippen molar-refractivity contribution in [2.24, 2.45) is 0 Å². The summed E-state index contributed by atoms with van der Waals surface area (Å²) in [5, 5.41) is 6.92. The predicted octanol–water partition coefficient (Wildman–Crippen LogP) is 4.90. The summed E-state index contributed by atoms with van der Waals surface area (Å²) in [4.78, 5) is 7.25. The molecule has 4 rings (SSSR count). The van der Waals surface area contributed by atoms with Crippen LogP contribution in [0.1, 0.15) is 12.8 Å². The number of piperidine rings is 1. The van der Waals surface area contributed by atoms with Gasteiger partial charge >= 0.3 is 0 Å². The topological polar surface area (TPSA) is 37.4 Å². The zero-order valence-corrected chi connectivity index (χ0v) is 15.7. The van der Waals surface area contributed by atoms with Crippen LogP contribution in [0, 0.1) is 0 Å². The van der Waals surface area contributed by atoms with Crippen molar-refractivity contribution in [3.8, 4) is 17.0 Å². The highest BCUT2D eigenvalue weighted by molar-refractivity contribution is 7.14. The third-order valence-electron chi connectivity index (χ3n) is 4.77. The molecule has 26 heavy (non-hydrogen) atoms. The highest BCUT2D eigenvalue weighted by Gasteiger charge is 2.21. The van der Waals surface area contributed by atoms with Crippen molar-refractivity contribution in [3.63, 3.8) is 0 Å². The number of ether oxygens (including phenoxy) is 1. The van der Waals surface area contributed by atoms with E-state index in [9.17, 15) is 0 Å². The summed E-state index contributed by atoms with van der Waals surface area (Å²) < 4.78 is 5.30. The number of nitrogens with one attached hydrogen (secondary N) is 1. The minimum absolute atomic E-state index is 0.493. The number of thiazole rings is 1. The quantitative estimate of drug-likeness (QED) is 0.698. The molecule has 1 N–H and O–H groups in total. The fourth-order valence-corrected chi connectivity index (χ4v) is 4.20. The van der Waals surface area contributed by atoms with Crippen LogP contribution in [0.2, 0.25) is 0 Å². The molecule has 3 aromatic rings. The molecule has 0 aliphatic carbocycles. The average Bonchev–Trinajstić information content (AvgIpc) is 3.20. The summed E-state index contributed by atoms with van der Waals surface area (Å²) in [5.74, 6) is 0.892. The molecule has 0 spiro atoms.